The van der Waals surface area contributed by atoms with E-state index in [0.717, 1.165) is 29.0 Å². The molecule has 2 aromatic heterocycles. The van der Waals surface area contributed by atoms with Crippen LogP contribution in [0.25, 0.3) is 10.2 Å². The molecule has 0 spiro atoms. The number of benzene rings is 1. The minimum atomic E-state index is -0.141. The Morgan fingerprint density at radius 3 is 2.63 bits per heavy atom. The topological polar surface area (TPSA) is 54.3 Å². The summed E-state index contributed by atoms with van der Waals surface area (Å²) in [6, 6.07) is 7.50. The van der Waals surface area contributed by atoms with Gasteiger partial charge in [-0.1, -0.05) is 29.0 Å². The molecule has 0 saturated heterocycles. The van der Waals surface area contributed by atoms with Crippen molar-refractivity contribution in [3.8, 4) is 0 Å². The van der Waals surface area contributed by atoms with Gasteiger partial charge in [-0.3, -0.25) is 14.4 Å². The number of carbonyl (C=O) groups is 1. The molecule has 0 aliphatic heterocycles. The number of fused-ring (bicyclic) bond motifs is 1. The molecule has 0 aliphatic carbocycles. The Morgan fingerprint density at radius 2 is 2.04 bits per heavy atom. The van der Waals surface area contributed by atoms with E-state index in [-0.39, 0.29) is 18.3 Å². The summed E-state index contributed by atoms with van der Waals surface area (Å²) < 4.78 is 2.79. The van der Waals surface area contributed by atoms with Crippen LogP contribution >= 0.6 is 35.3 Å². The Kier molecular flexibility index (Phi) is 7.22. The van der Waals surface area contributed by atoms with Crippen LogP contribution in [0.4, 0.5) is 5.13 Å². The lowest BCUT2D eigenvalue weighted by Crippen LogP contribution is -2.37. The minimum absolute atomic E-state index is 0. The number of para-hydroxylation sites is 1. The van der Waals surface area contributed by atoms with Crippen LogP contribution in [-0.4, -0.2) is 52.8 Å². The van der Waals surface area contributed by atoms with E-state index in [2.05, 4.69) is 10.1 Å². The van der Waals surface area contributed by atoms with Crippen LogP contribution in [-0.2, 0) is 6.54 Å². The quantitative estimate of drug-likeness (QED) is 0.593. The fourth-order valence-corrected chi connectivity index (χ4v) is 3.97. The molecule has 0 N–H and O–H groups in total. The summed E-state index contributed by atoms with van der Waals surface area (Å²) in [4.78, 5) is 21.5. The number of halogens is 2. The van der Waals surface area contributed by atoms with Crippen LogP contribution in [0.5, 0.6) is 0 Å². The van der Waals surface area contributed by atoms with Gasteiger partial charge in [-0.2, -0.15) is 5.10 Å². The van der Waals surface area contributed by atoms with Crippen molar-refractivity contribution in [1.82, 2.24) is 19.7 Å². The van der Waals surface area contributed by atoms with Gasteiger partial charge >= 0.3 is 0 Å². The first-order valence-electron chi connectivity index (χ1n) is 8.46. The summed E-state index contributed by atoms with van der Waals surface area (Å²) in [6.07, 6.45) is 0. The monoisotopic (exact) mass is 427 g/mol. The summed E-state index contributed by atoms with van der Waals surface area (Å²) in [5.41, 5.74) is 2.14. The number of nitrogens with zero attached hydrogens (tertiary/aromatic N) is 5. The van der Waals surface area contributed by atoms with E-state index in [1.54, 1.807) is 4.90 Å². The maximum atomic E-state index is 13.2. The molecule has 0 fully saturated rings. The van der Waals surface area contributed by atoms with E-state index in [1.165, 1.54) is 11.3 Å². The molecule has 6 nitrogen and oxygen atoms in total. The molecule has 1 aromatic carbocycles. The zero-order valence-corrected chi connectivity index (χ0v) is 18.2. The maximum absolute atomic E-state index is 13.2. The summed E-state index contributed by atoms with van der Waals surface area (Å²) in [5, 5.41) is 5.67. The van der Waals surface area contributed by atoms with Gasteiger partial charge in [-0.05, 0) is 46.1 Å². The summed E-state index contributed by atoms with van der Waals surface area (Å²) >= 11 is 7.73. The van der Waals surface area contributed by atoms with Crippen LogP contribution in [0.1, 0.15) is 23.1 Å². The Hall–Kier alpha value is -1.67. The summed E-state index contributed by atoms with van der Waals surface area (Å²) in [5.74, 6) is -0.141. The standard InChI is InChI=1S/C18H22ClN5OS.ClH/c1-5-24-12(2)11-14(21-24)17(25)23(10-9-22(3)4)18-20-16-13(19)7-6-8-15(16)26-18;/h6-8,11H,5,9-10H2,1-4H3;1H. The largest absolute Gasteiger partial charge is 0.308 e. The highest BCUT2D eigenvalue weighted by molar-refractivity contribution is 7.22. The Bertz CT molecular complexity index is 937. The molecular formula is C18H23Cl2N5OS. The van der Waals surface area contributed by atoms with E-state index in [0.29, 0.717) is 22.4 Å². The number of amides is 1. The number of hydrogen-bond donors (Lipinski definition) is 0. The van der Waals surface area contributed by atoms with Gasteiger partial charge in [0.15, 0.2) is 10.8 Å². The van der Waals surface area contributed by atoms with Gasteiger partial charge in [0, 0.05) is 25.3 Å². The molecular weight excluding hydrogens is 405 g/mol. The number of thiazole rings is 1. The first-order chi connectivity index (χ1) is 12.4. The van der Waals surface area contributed by atoms with Gasteiger partial charge in [0.25, 0.3) is 5.91 Å². The average molecular weight is 428 g/mol. The molecule has 0 aliphatic rings. The van der Waals surface area contributed by atoms with Crippen LogP contribution in [0, 0.1) is 6.92 Å². The molecule has 2 heterocycles. The second-order valence-electron chi connectivity index (χ2n) is 6.33. The fraction of sp³-hybridized carbons (Fsp3) is 0.389. The van der Waals surface area contributed by atoms with Gasteiger partial charge in [0.1, 0.15) is 5.52 Å². The molecule has 0 radical (unpaired) electrons. The molecule has 146 valence electrons. The predicted octanol–water partition coefficient (Wildman–Crippen LogP) is 4.10. The molecule has 0 saturated carbocycles. The van der Waals surface area contributed by atoms with Crippen LogP contribution in [0.15, 0.2) is 24.3 Å². The van der Waals surface area contributed by atoms with E-state index in [9.17, 15) is 4.79 Å². The van der Waals surface area contributed by atoms with E-state index >= 15 is 0 Å². The second kappa shape index (κ2) is 9.01. The maximum Gasteiger partial charge on any atom is 0.280 e. The molecule has 0 unspecified atom stereocenters. The van der Waals surface area contributed by atoms with E-state index in [1.807, 2.05) is 61.8 Å². The zero-order valence-electron chi connectivity index (χ0n) is 15.8. The molecule has 3 rings (SSSR count). The van der Waals surface area contributed by atoms with Gasteiger partial charge in [0.2, 0.25) is 0 Å². The van der Waals surface area contributed by atoms with Crippen molar-refractivity contribution in [2.24, 2.45) is 0 Å². The summed E-state index contributed by atoms with van der Waals surface area (Å²) in [6.45, 7) is 5.94. The van der Waals surface area contributed by atoms with Crippen molar-refractivity contribution in [2.75, 3.05) is 32.1 Å². The van der Waals surface area contributed by atoms with Crippen molar-refractivity contribution in [2.45, 2.75) is 20.4 Å². The first-order valence-corrected chi connectivity index (χ1v) is 9.66. The number of carbonyl (C=O) groups excluding carboxylic acids is 1. The lowest BCUT2D eigenvalue weighted by atomic mass is 10.3. The van der Waals surface area contributed by atoms with Crippen molar-refractivity contribution < 1.29 is 4.79 Å². The third-order valence-electron chi connectivity index (χ3n) is 4.11. The van der Waals surface area contributed by atoms with Crippen LogP contribution < -0.4 is 4.90 Å². The molecule has 1 amide bonds. The van der Waals surface area contributed by atoms with Gasteiger partial charge < -0.3 is 4.90 Å². The molecule has 3 aromatic rings. The first kappa shape index (κ1) is 21.6. The number of rotatable bonds is 6. The summed E-state index contributed by atoms with van der Waals surface area (Å²) in [7, 11) is 3.96. The minimum Gasteiger partial charge on any atom is -0.308 e. The lowest BCUT2D eigenvalue weighted by molar-refractivity contribution is 0.0979. The fourth-order valence-electron chi connectivity index (χ4n) is 2.68. The van der Waals surface area contributed by atoms with Gasteiger partial charge in [0.05, 0.1) is 9.72 Å². The number of anilines is 1. The number of likely N-dealkylation sites (N-methyl/N-ethyl adjacent to an activating group) is 1. The zero-order chi connectivity index (χ0) is 18.8. The highest BCUT2D eigenvalue weighted by Gasteiger charge is 2.24. The highest BCUT2D eigenvalue weighted by Crippen LogP contribution is 2.33. The lowest BCUT2D eigenvalue weighted by Gasteiger charge is -2.21. The molecule has 27 heavy (non-hydrogen) atoms. The third kappa shape index (κ3) is 4.60. The van der Waals surface area contributed by atoms with Crippen LogP contribution in [0.2, 0.25) is 5.02 Å². The number of aromatic nitrogens is 3. The number of aryl methyl sites for hydroxylation is 2. The Balaban J connectivity index is 0.00000261. The van der Waals surface area contributed by atoms with Crippen LogP contribution in [0.3, 0.4) is 0 Å². The van der Waals surface area contributed by atoms with Crippen molar-refractivity contribution in [3.05, 3.63) is 40.7 Å². The van der Waals surface area contributed by atoms with E-state index < -0.39 is 0 Å². The smallest absolute Gasteiger partial charge is 0.280 e. The van der Waals surface area contributed by atoms with E-state index in [4.69, 9.17) is 11.6 Å². The predicted molar refractivity (Wildman–Crippen MR) is 115 cm³/mol. The molecule has 0 atom stereocenters. The SMILES string of the molecule is CCn1nc(C(=O)N(CCN(C)C)c2nc3c(Cl)cccc3s2)cc1C.Cl. The van der Waals surface area contributed by atoms with Crippen molar-refractivity contribution in [1.29, 1.82) is 0 Å². The van der Waals surface area contributed by atoms with Gasteiger partial charge in [-0.25, -0.2) is 4.98 Å². The Labute approximate surface area is 174 Å². The Morgan fingerprint density at radius 1 is 1.30 bits per heavy atom. The second-order valence-corrected chi connectivity index (χ2v) is 7.75. The number of hydrogen-bond acceptors (Lipinski definition) is 5. The highest BCUT2D eigenvalue weighted by atomic mass is 35.5. The van der Waals surface area contributed by atoms with Crippen molar-refractivity contribution >= 4 is 56.6 Å². The third-order valence-corrected chi connectivity index (χ3v) is 5.45. The molecule has 0 bridgehead atoms. The average Bonchev–Trinajstić information content (AvgIpc) is 3.19. The normalized spacial score (nSPS) is 11.0. The van der Waals surface area contributed by atoms with Gasteiger partial charge in [-0.15, -0.1) is 12.4 Å². The molecule has 9 heteroatoms. The van der Waals surface area contributed by atoms with Crippen molar-refractivity contribution in [3.63, 3.8) is 0 Å².